The van der Waals surface area contributed by atoms with Gasteiger partial charge in [0.15, 0.2) is 5.54 Å². The number of ether oxygens (including phenoxy) is 1. The number of methoxy groups -OCH3 is 1. The molecule has 2 fully saturated rings. The Morgan fingerprint density at radius 3 is 2.68 bits per heavy atom. The van der Waals surface area contributed by atoms with Gasteiger partial charge in [-0.3, -0.25) is 15.0 Å². The highest BCUT2D eigenvalue weighted by Gasteiger charge is 2.74. The van der Waals surface area contributed by atoms with Crippen molar-refractivity contribution in [2.75, 3.05) is 13.7 Å². The van der Waals surface area contributed by atoms with Gasteiger partial charge in [0, 0.05) is 30.9 Å². The first-order chi connectivity index (χ1) is 10.5. The lowest BCUT2D eigenvalue weighted by Crippen LogP contribution is -2.62. The minimum atomic E-state index is -1.34. The summed E-state index contributed by atoms with van der Waals surface area (Å²) in [6.07, 6.45) is 1.56. The molecule has 6 heteroatoms. The number of nitrogens with zero attached hydrogens (tertiary/aromatic N) is 2. The van der Waals surface area contributed by atoms with Crippen molar-refractivity contribution >= 4 is 5.97 Å². The number of carbonyl (C=O) groups is 1. The first kappa shape index (κ1) is 15.0. The zero-order chi connectivity index (χ0) is 16.0. The van der Waals surface area contributed by atoms with Gasteiger partial charge in [0.05, 0.1) is 7.11 Å². The Balaban J connectivity index is 2.13. The summed E-state index contributed by atoms with van der Waals surface area (Å²) in [6, 6.07) is 9.58. The van der Waals surface area contributed by atoms with E-state index in [0.717, 1.165) is 12.0 Å². The summed E-state index contributed by atoms with van der Waals surface area (Å²) in [6.45, 7) is 2.27. The summed E-state index contributed by atoms with van der Waals surface area (Å²) in [7, 11) is 1.31. The van der Waals surface area contributed by atoms with E-state index in [2.05, 4.69) is 0 Å². The molecule has 0 spiro atoms. The van der Waals surface area contributed by atoms with E-state index >= 15 is 0 Å². The number of rotatable bonds is 3. The molecule has 2 aliphatic rings. The predicted molar refractivity (Wildman–Crippen MR) is 79.9 cm³/mol. The zero-order valence-corrected chi connectivity index (χ0v) is 12.8. The van der Waals surface area contributed by atoms with E-state index in [0.29, 0.717) is 19.4 Å². The van der Waals surface area contributed by atoms with Crippen LogP contribution in [0, 0.1) is 10.1 Å². The summed E-state index contributed by atoms with van der Waals surface area (Å²) in [4.78, 5) is 26.1. The van der Waals surface area contributed by atoms with Crippen molar-refractivity contribution in [1.82, 2.24) is 4.90 Å². The maximum absolute atomic E-state index is 12.5. The second kappa shape index (κ2) is 5.05. The fraction of sp³-hybridized carbons (Fsp3) is 0.562. The maximum Gasteiger partial charge on any atom is 0.333 e. The molecule has 3 rings (SSSR count). The van der Waals surface area contributed by atoms with Gasteiger partial charge in [0.2, 0.25) is 5.54 Å². The Labute approximate surface area is 129 Å². The van der Waals surface area contributed by atoms with Crippen LogP contribution in [0.5, 0.6) is 0 Å². The fourth-order valence-electron chi connectivity index (χ4n) is 4.30. The van der Waals surface area contributed by atoms with E-state index in [9.17, 15) is 14.9 Å². The number of carbonyl (C=O) groups excluding carboxylic acids is 1. The molecule has 0 aromatic heterocycles. The van der Waals surface area contributed by atoms with Crippen LogP contribution < -0.4 is 0 Å². The van der Waals surface area contributed by atoms with Crippen LogP contribution in [0.25, 0.3) is 0 Å². The molecule has 1 aromatic rings. The van der Waals surface area contributed by atoms with Crippen molar-refractivity contribution in [3.63, 3.8) is 0 Å². The molecule has 0 unspecified atom stereocenters. The Bertz CT molecular complexity index is 605. The van der Waals surface area contributed by atoms with Gasteiger partial charge in [-0.15, -0.1) is 0 Å². The predicted octanol–water partition coefficient (Wildman–Crippen LogP) is 2.17. The molecule has 0 radical (unpaired) electrons. The summed E-state index contributed by atoms with van der Waals surface area (Å²) in [5.41, 5.74) is -1.48. The average molecular weight is 304 g/mol. The first-order valence-electron chi connectivity index (χ1n) is 7.52. The van der Waals surface area contributed by atoms with Crippen LogP contribution in [0.1, 0.15) is 37.8 Å². The van der Waals surface area contributed by atoms with E-state index in [1.165, 1.54) is 7.11 Å². The van der Waals surface area contributed by atoms with E-state index in [1.807, 2.05) is 35.2 Å². The smallest absolute Gasteiger partial charge is 0.333 e. The quantitative estimate of drug-likeness (QED) is 0.486. The van der Waals surface area contributed by atoms with Gasteiger partial charge in [-0.1, -0.05) is 30.3 Å². The third-order valence-corrected chi connectivity index (χ3v) is 5.40. The topological polar surface area (TPSA) is 72.7 Å². The van der Waals surface area contributed by atoms with Crippen molar-refractivity contribution in [2.24, 2.45) is 0 Å². The monoisotopic (exact) mass is 304 g/mol. The Morgan fingerprint density at radius 2 is 2.09 bits per heavy atom. The maximum atomic E-state index is 12.5. The van der Waals surface area contributed by atoms with Crippen LogP contribution in [0.15, 0.2) is 30.3 Å². The van der Waals surface area contributed by atoms with Gasteiger partial charge in [-0.2, -0.15) is 0 Å². The molecule has 2 saturated heterocycles. The normalized spacial score (nSPS) is 34.4. The average Bonchev–Trinajstić information content (AvgIpc) is 3.07. The number of benzene rings is 1. The van der Waals surface area contributed by atoms with E-state index in [-0.39, 0.29) is 11.0 Å². The second-order valence-electron chi connectivity index (χ2n) is 6.31. The number of hydrogen-bond donors (Lipinski definition) is 0. The molecule has 0 amide bonds. The van der Waals surface area contributed by atoms with Gasteiger partial charge >= 0.3 is 5.97 Å². The number of fused-ring (bicyclic) bond motifs is 1. The molecule has 0 bridgehead atoms. The molecule has 1 aromatic carbocycles. The van der Waals surface area contributed by atoms with Gasteiger partial charge in [0.25, 0.3) is 0 Å². The van der Waals surface area contributed by atoms with E-state index in [4.69, 9.17) is 4.74 Å². The van der Waals surface area contributed by atoms with Crippen LogP contribution in [0.2, 0.25) is 0 Å². The van der Waals surface area contributed by atoms with Gasteiger partial charge < -0.3 is 4.74 Å². The van der Waals surface area contributed by atoms with Crippen molar-refractivity contribution in [2.45, 2.75) is 43.3 Å². The third-order valence-electron chi connectivity index (χ3n) is 5.40. The molecule has 0 N–H and O–H groups in total. The molecule has 0 aliphatic carbocycles. The highest BCUT2D eigenvalue weighted by Crippen LogP contribution is 2.55. The SMILES string of the molecule is COC(=O)[C@@]12CCCN1[C@H](c1ccccc1)C[C@@]2(C)[N+](=O)[O-]. The summed E-state index contributed by atoms with van der Waals surface area (Å²) in [5.74, 6) is -0.484. The minimum absolute atomic E-state index is 0.127. The Kier molecular flexibility index (Phi) is 3.44. The van der Waals surface area contributed by atoms with Crippen LogP contribution in [0.3, 0.4) is 0 Å². The lowest BCUT2D eigenvalue weighted by molar-refractivity contribution is -0.573. The summed E-state index contributed by atoms with van der Waals surface area (Å²) in [5, 5.41) is 11.8. The fourth-order valence-corrected chi connectivity index (χ4v) is 4.30. The molecule has 2 heterocycles. The molecular weight excluding hydrogens is 284 g/mol. The van der Waals surface area contributed by atoms with Crippen LogP contribution >= 0.6 is 0 Å². The lowest BCUT2D eigenvalue weighted by Gasteiger charge is -2.36. The van der Waals surface area contributed by atoms with Crippen LogP contribution in [0.4, 0.5) is 0 Å². The van der Waals surface area contributed by atoms with Crippen LogP contribution in [-0.4, -0.2) is 40.5 Å². The lowest BCUT2D eigenvalue weighted by atomic mass is 9.77. The molecular formula is C16H20N2O4. The third kappa shape index (κ3) is 1.73. The van der Waals surface area contributed by atoms with Crippen molar-refractivity contribution in [3.8, 4) is 0 Å². The van der Waals surface area contributed by atoms with Gasteiger partial charge in [-0.25, -0.2) is 4.79 Å². The summed E-state index contributed by atoms with van der Waals surface area (Å²) < 4.78 is 4.98. The van der Waals surface area contributed by atoms with Crippen molar-refractivity contribution in [1.29, 1.82) is 0 Å². The summed E-state index contributed by atoms with van der Waals surface area (Å²) >= 11 is 0. The Morgan fingerprint density at radius 1 is 1.41 bits per heavy atom. The second-order valence-corrected chi connectivity index (χ2v) is 6.31. The minimum Gasteiger partial charge on any atom is -0.467 e. The van der Waals surface area contributed by atoms with Crippen molar-refractivity contribution < 1.29 is 14.5 Å². The highest BCUT2D eigenvalue weighted by atomic mass is 16.6. The largest absolute Gasteiger partial charge is 0.467 e. The van der Waals surface area contributed by atoms with Crippen LogP contribution in [-0.2, 0) is 9.53 Å². The molecule has 6 nitrogen and oxygen atoms in total. The first-order valence-corrected chi connectivity index (χ1v) is 7.52. The molecule has 118 valence electrons. The van der Waals surface area contributed by atoms with E-state index < -0.39 is 17.0 Å². The molecule has 2 aliphatic heterocycles. The standard InChI is InChI=1S/C16H20N2O4/c1-15(18(20)21)11-13(12-7-4-3-5-8-12)17-10-6-9-16(15,17)14(19)22-2/h3-5,7-8,13H,6,9-11H2,1-2H3/t13-,15+,16+/m0/s1. The van der Waals surface area contributed by atoms with Gasteiger partial charge in [0.1, 0.15) is 0 Å². The molecule has 0 saturated carbocycles. The highest BCUT2D eigenvalue weighted by molar-refractivity contribution is 5.84. The molecule has 22 heavy (non-hydrogen) atoms. The van der Waals surface area contributed by atoms with E-state index in [1.54, 1.807) is 6.92 Å². The Hall–Kier alpha value is -1.95. The zero-order valence-electron chi connectivity index (χ0n) is 12.8. The molecule has 3 atom stereocenters. The van der Waals surface area contributed by atoms with Gasteiger partial charge in [-0.05, 0) is 18.4 Å². The number of nitro groups is 1. The number of hydrogen-bond acceptors (Lipinski definition) is 5. The van der Waals surface area contributed by atoms with Crippen molar-refractivity contribution in [3.05, 3.63) is 46.0 Å². The number of esters is 1.